The first-order chi connectivity index (χ1) is 14.9. The zero-order valence-electron chi connectivity index (χ0n) is 18.1. The van der Waals surface area contributed by atoms with E-state index in [0.717, 1.165) is 19.3 Å². The fourth-order valence-corrected chi connectivity index (χ4v) is 3.64. The van der Waals surface area contributed by atoms with Crippen molar-refractivity contribution in [3.8, 4) is 17.1 Å². The number of nitrogens with zero attached hydrogens (tertiary/aromatic N) is 4. The molecule has 2 aromatic rings. The van der Waals surface area contributed by atoms with E-state index in [1.807, 2.05) is 19.9 Å². The van der Waals surface area contributed by atoms with Crippen molar-refractivity contribution in [2.45, 2.75) is 58.6 Å². The van der Waals surface area contributed by atoms with E-state index in [1.54, 1.807) is 17.8 Å². The molecular weight excluding hydrogens is 402 g/mol. The Morgan fingerprint density at radius 1 is 1.32 bits per heavy atom. The molecule has 1 aliphatic carbocycles. The van der Waals surface area contributed by atoms with E-state index in [1.165, 1.54) is 0 Å². The van der Waals surface area contributed by atoms with E-state index >= 15 is 0 Å². The lowest BCUT2D eigenvalue weighted by molar-refractivity contribution is -0.143. The van der Waals surface area contributed by atoms with Gasteiger partial charge in [0.25, 0.3) is 0 Å². The number of ether oxygens (including phenoxy) is 2. The van der Waals surface area contributed by atoms with Gasteiger partial charge in [-0.2, -0.15) is 0 Å². The third-order valence-corrected chi connectivity index (χ3v) is 5.33. The Balaban J connectivity index is 1.70. The molecule has 1 amide bonds. The van der Waals surface area contributed by atoms with Crippen LogP contribution in [0.15, 0.2) is 12.1 Å². The number of hydrogen-bond donors (Lipinski definition) is 2. The number of aliphatic carboxylic acids is 1. The van der Waals surface area contributed by atoms with Gasteiger partial charge >= 0.3 is 12.1 Å². The molecule has 168 valence electrons. The van der Waals surface area contributed by atoms with Crippen LogP contribution in [-0.2, 0) is 23.1 Å². The van der Waals surface area contributed by atoms with Crippen LogP contribution < -0.4 is 10.1 Å². The van der Waals surface area contributed by atoms with E-state index in [0.29, 0.717) is 48.0 Å². The number of pyridine rings is 1. The summed E-state index contributed by atoms with van der Waals surface area (Å²) in [6.07, 6.45) is 3.00. The zero-order chi connectivity index (χ0) is 22.4. The van der Waals surface area contributed by atoms with Gasteiger partial charge in [-0.1, -0.05) is 12.1 Å². The van der Waals surface area contributed by atoms with Crippen LogP contribution in [0.2, 0.25) is 0 Å². The number of aryl methyl sites for hydroxylation is 2. The number of hydrogen-bond acceptors (Lipinski definition) is 7. The van der Waals surface area contributed by atoms with Gasteiger partial charge in [0.2, 0.25) is 0 Å². The van der Waals surface area contributed by atoms with Gasteiger partial charge in [-0.25, -0.2) is 14.5 Å². The average molecular weight is 431 g/mol. The van der Waals surface area contributed by atoms with Gasteiger partial charge in [0.15, 0.2) is 0 Å². The molecule has 2 aromatic heterocycles. The topological polar surface area (TPSA) is 128 Å². The Hall–Kier alpha value is -3.17. The van der Waals surface area contributed by atoms with Crippen LogP contribution in [-0.4, -0.2) is 49.9 Å². The van der Waals surface area contributed by atoms with E-state index in [-0.39, 0.29) is 18.6 Å². The highest BCUT2D eigenvalue weighted by Gasteiger charge is 2.28. The van der Waals surface area contributed by atoms with Crippen molar-refractivity contribution >= 4 is 12.1 Å². The van der Waals surface area contributed by atoms with Crippen LogP contribution in [0.3, 0.4) is 0 Å². The molecule has 0 bridgehead atoms. The van der Waals surface area contributed by atoms with Crippen molar-refractivity contribution in [2.75, 3.05) is 6.61 Å². The molecule has 1 aliphatic rings. The SMILES string of the molecule is CCCOC(=O)NCc1c(-c2ccc(O[C@H]3CCC[C@H](C(=O)O)C3)c(C)n2)nnn1C. The maximum absolute atomic E-state index is 11.8. The quantitative estimate of drug-likeness (QED) is 0.653. The van der Waals surface area contributed by atoms with Crippen LogP contribution in [0, 0.1) is 12.8 Å². The molecule has 1 fully saturated rings. The smallest absolute Gasteiger partial charge is 0.407 e. The molecule has 2 heterocycles. The van der Waals surface area contributed by atoms with Gasteiger partial charge in [0.1, 0.15) is 11.4 Å². The predicted octanol–water partition coefficient (Wildman–Crippen LogP) is 2.84. The average Bonchev–Trinajstić information content (AvgIpc) is 3.12. The predicted molar refractivity (Wildman–Crippen MR) is 111 cm³/mol. The Labute approximate surface area is 181 Å². The van der Waals surface area contributed by atoms with Crippen molar-refractivity contribution in [1.29, 1.82) is 0 Å². The summed E-state index contributed by atoms with van der Waals surface area (Å²) in [5.74, 6) is -0.489. The summed E-state index contributed by atoms with van der Waals surface area (Å²) in [5.41, 5.74) is 2.56. The van der Waals surface area contributed by atoms with Crippen LogP contribution in [0.5, 0.6) is 5.75 Å². The number of rotatable bonds is 8. The number of amides is 1. The second-order valence-corrected chi connectivity index (χ2v) is 7.72. The number of carbonyl (C=O) groups is 2. The first-order valence-electron chi connectivity index (χ1n) is 10.6. The molecule has 0 aliphatic heterocycles. The fourth-order valence-electron chi connectivity index (χ4n) is 3.64. The van der Waals surface area contributed by atoms with Crippen molar-refractivity contribution < 1.29 is 24.2 Å². The number of aromatic nitrogens is 4. The fraction of sp³-hybridized carbons (Fsp3) is 0.571. The normalized spacial score (nSPS) is 18.4. The molecule has 10 nitrogen and oxygen atoms in total. The van der Waals surface area contributed by atoms with Gasteiger partial charge in [-0.15, -0.1) is 5.10 Å². The zero-order valence-corrected chi connectivity index (χ0v) is 18.1. The molecule has 0 aromatic carbocycles. The first-order valence-corrected chi connectivity index (χ1v) is 10.6. The highest BCUT2D eigenvalue weighted by Crippen LogP contribution is 2.30. The number of carboxylic acid groups (broad SMARTS) is 1. The van der Waals surface area contributed by atoms with Gasteiger partial charge in [0.05, 0.1) is 42.3 Å². The van der Waals surface area contributed by atoms with Crippen molar-refractivity contribution in [3.05, 3.63) is 23.5 Å². The minimum absolute atomic E-state index is 0.133. The third kappa shape index (κ3) is 5.71. The summed E-state index contributed by atoms with van der Waals surface area (Å²) in [4.78, 5) is 27.7. The number of nitrogens with one attached hydrogen (secondary N) is 1. The maximum atomic E-state index is 11.8. The number of alkyl carbamates (subject to hydrolysis) is 1. The lowest BCUT2D eigenvalue weighted by atomic mass is 9.87. The standard InChI is InChI=1S/C21H29N5O5/c1-4-10-30-21(29)22-12-17-19(24-25-26(17)3)16-8-9-18(13(2)23-16)31-15-7-5-6-14(11-15)20(27)28/h8-9,14-15H,4-7,10-12H2,1-3H3,(H,22,29)(H,27,28)/t14-,15-/m0/s1. The molecule has 0 saturated heterocycles. The van der Waals surface area contributed by atoms with E-state index in [9.17, 15) is 14.7 Å². The summed E-state index contributed by atoms with van der Waals surface area (Å²) in [5, 5.41) is 20.2. The molecule has 0 spiro atoms. The molecule has 31 heavy (non-hydrogen) atoms. The molecule has 10 heteroatoms. The second kappa shape index (κ2) is 10.2. The molecular formula is C21H29N5O5. The van der Waals surface area contributed by atoms with Crippen molar-refractivity contribution in [2.24, 2.45) is 13.0 Å². The van der Waals surface area contributed by atoms with Crippen LogP contribution >= 0.6 is 0 Å². The third-order valence-electron chi connectivity index (χ3n) is 5.33. The minimum Gasteiger partial charge on any atom is -0.489 e. The first kappa shape index (κ1) is 22.5. The molecule has 2 atom stereocenters. The highest BCUT2D eigenvalue weighted by molar-refractivity contribution is 5.70. The second-order valence-electron chi connectivity index (χ2n) is 7.72. The van der Waals surface area contributed by atoms with Crippen LogP contribution in [0.4, 0.5) is 4.79 Å². The summed E-state index contributed by atoms with van der Waals surface area (Å²) >= 11 is 0. The lowest BCUT2D eigenvalue weighted by Gasteiger charge is -2.27. The summed E-state index contributed by atoms with van der Waals surface area (Å²) in [7, 11) is 1.75. The number of carboxylic acids is 1. The molecule has 0 unspecified atom stereocenters. The van der Waals surface area contributed by atoms with E-state index in [2.05, 4.69) is 20.6 Å². The van der Waals surface area contributed by atoms with Gasteiger partial charge < -0.3 is 19.9 Å². The van der Waals surface area contributed by atoms with E-state index in [4.69, 9.17) is 9.47 Å². The van der Waals surface area contributed by atoms with E-state index < -0.39 is 12.1 Å². The number of carbonyl (C=O) groups excluding carboxylic acids is 1. The molecule has 3 rings (SSSR count). The summed E-state index contributed by atoms with van der Waals surface area (Å²) in [6.45, 7) is 4.33. The van der Waals surface area contributed by atoms with Gasteiger partial charge in [0, 0.05) is 7.05 Å². The van der Waals surface area contributed by atoms with Crippen molar-refractivity contribution in [3.63, 3.8) is 0 Å². The Bertz CT molecular complexity index is 929. The Morgan fingerprint density at radius 3 is 2.84 bits per heavy atom. The highest BCUT2D eigenvalue weighted by atomic mass is 16.5. The van der Waals surface area contributed by atoms with Crippen LogP contribution in [0.25, 0.3) is 11.4 Å². The molecule has 1 saturated carbocycles. The van der Waals surface area contributed by atoms with Crippen molar-refractivity contribution in [1.82, 2.24) is 25.3 Å². The van der Waals surface area contributed by atoms with Crippen LogP contribution in [0.1, 0.15) is 50.4 Å². The Morgan fingerprint density at radius 2 is 2.13 bits per heavy atom. The summed E-state index contributed by atoms with van der Waals surface area (Å²) in [6, 6.07) is 3.62. The minimum atomic E-state index is -0.763. The van der Waals surface area contributed by atoms with Gasteiger partial charge in [-0.3, -0.25) is 4.79 Å². The Kier molecular flexibility index (Phi) is 7.43. The van der Waals surface area contributed by atoms with Gasteiger partial charge in [-0.05, 0) is 51.2 Å². The lowest BCUT2D eigenvalue weighted by Crippen LogP contribution is -2.29. The summed E-state index contributed by atoms with van der Waals surface area (Å²) < 4.78 is 12.7. The molecule has 0 radical (unpaired) electrons. The monoisotopic (exact) mass is 431 g/mol. The molecule has 2 N–H and O–H groups in total. The maximum Gasteiger partial charge on any atom is 0.407 e. The largest absolute Gasteiger partial charge is 0.489 e.